The molecule has 0 aliphatic rings. The molecule has 0 radical (unpaired) electrons. The molecule has 4 rings (SSSR count). The third-order valence-corrected chi connectivity index (χ3v) is 5.33. The second-order valence-electron chi connectivity index (χ2n) is 7.01. The largest absolute Gasteiger partial charge is 0.385 e. The highest BCUT2D eigenvalue weighted by molar-refractivity contribution is 6.31. The molecule has 2 aromatic heterocycles. The predicted octanol–water partition coefficient (Wildman–Crippen LogP) is 3.97. The van der Waals surface area contributed by atoms with Gasteiger partial charge in [0.05, 0.1) is 22.9 Å². The average molecular weight is 421 g/mol. The summed E-state index contributed by atoms with van der Waals surface area (Å²) in [6.45, 7) is 2.70. The van der Waals surface area contributed by atoms with Crippen LogP contribution >= 0.6 is 11.6 Å². The molecule has 0 saturated carbocycles. The maximum atomic E-state index is 11.8. The fourth-order valence-corrected chi connectivity index (χ4v) is 3.52. The normalized spacial score (nSPS) is 11.0. The minimum absolute atomic E-state index is 0.140. The molecule has 0 fully saturated rings. The van der Waals surface area contributed by atoms with Gasteiger partial charge in [0.15, 0.2) is 0 Å². The van der Waals surface area contributed by atoms with Gasteiger partial charge in [-0.15, -0.1) is 0 Å². The highest BCUT2D eigenvalue weighted by atomic mass is 35.5. The standard InChI is InChI=1S/C22H21ClN6O/c1-13-16(5-2-6-18(13)23)20-11-15(28-22(24)29-20)4-3-9-25-14-7-8-17-19(10-14)26-12-27-21(17)30/h2,5-8,10-12,25H,3-4,9H2,1H3,(H2,24,28,29)(H,26,27,30). The molecule has 30 heavy (non-hydrogen) atoms. The third kappa shape index (κ3) is 4.26. The number of anilines is 2. The van der Waals surface area contributed by atoms with Crippen LogP contribution in [0.3, 0.4) is 0 Å². The topological polar surface area (TPSA) is 110 Å². The van der Waals surface area contributed by atoms with E-state index in [2.05, 4.69) is 25.3 Å². The van der Waals surface area contributed by atoms with E-state index in [-0.39, 0.29) is 11.5 Å². The lowest BCUT2D eigenvalue weighted by atomic mass is 10.0. The Morgan fingerprint density at radius 3 is 2.90 bits per heavy atom. The fourth-order valence-electron chi connectivity index (χ4n) is 3.35. The van der Waals surface area contributed by atoms with Crippen molar-refractivity contribution in [2.45, 2.75) is 19.8 Å². The summed E-state index contributed by atoms with van der Waals surface area (Å²) >= 11 is 6.24. The Bertz CT molecular complexity index is 1270. The van der Waals surface area contributed by atoms with Gasteiger partial charge in [-0.25, -0.2) is 15.0 Å². The van der Waals surface area contributed by atoms with E-state index < -0.39 is 0 Å². The zero-order valence-corrected chi connectivity index (χ0v) is 17.2. The molecule has 0 bridgehead atoms. The molecule has 0 spiro atoms. The second-order valence-corrected chi connectivity index (χ2v) is 7.42. The van der Waals surface area contributed by atoms with Gasteiger partial charge in [0, 0.05) is 28.5 Å². The number of aromatic amines is 1. The quantitative estimate of drug-likeness (QED) is 0.407. The molecule has 0 atom stereocenters. The van der Waals surface area contributed by atoms with Crippen molar-refractivity contribution >= 4 is 34.1 Å². The molecular weight excluding hydrogens is 400 g/mol. The highest BCUT2D eigenvalue weighted by Crippen LogP contribution is 2.28. The van der Waals surface area contributed by atoms with Crippen LogP contribution in [-0.4, -0.2) is 26.5 Å². The molecule has 152 valence electrons. The summed E-state index contributed by atoms with van der Waals surface area (Å²) < 4.78 is 0. The summed E-state index contributed by atoms with van der Waals surface area (Å²) in [5.41, 5.74) is 10.9. The molecule has 0 aliphatic heterocycles. The zero-order chi connectivity index (χ0) is 21.1. The van der Waals surface area contributed by atoms with Crippen LogP contribution in [0, 0.1) is 6.92 Å². The Hall–Kier alpha value is -3.45. The molecule has 2 heterocycles. The van der Waals surface area contributed by atoms with Gasteiger partial charge in [-0.2, -0.15) is 0 Å². The summed E-state index contributed by atoms with van der Waals surface area (Å²) in [4.78, 5) is 27.3. The number of nitrogens with two attached hydrogens (primary N) is 1. The number of nitrogens with zero attached hydrogens (tertiary/aromatic N) is 3. The molecule has 4 N–H and O–H groups in total. The van der Waals surface area contributed by atoms with Gasteiger partial charge in [0.1, 0.15) is 0 Å². The number of fused-ring (bicyclic) bond motifs is 1. The maximum absolute atomic E-state index is 11.8. The Balaban J connectivity index is 1.42. The van der Waals surface area contributed by atoms with Crippen LogP contribution in [0.5, 0.6) is 0 Å². The van der Waals surface area contributed by atoms with Crippen molar-refractivity contribution in [3.63, 3.8) is 0 Å². The zero-order valence-electron chi connectivity index (χ0n) is 16.4. The Morgan fingerprint density at radius 1 is 1.17 bits per heavy atom. The fraction of sp³-hybridized carbons (Fsp3) is 0.182. The van der Waals surface area contributed by atoms with E-state index in [1.165, 1.54) is 6.33 Å². The smallest absolute Gasteiger partial charge is 0.258 e. The molecule has 7 nitrogen and oxygen atoms in total. The molecule has 4 aromatic rings. The third-order valence-electron chi connectivity index (χ3n) is 4.92. The summed E-state index contributed by atoms with van der Waals surface area (Å²) in [5, 5.41) is 4.63. The molecular formula is C22H21ClN6O. The van der Waals surface area contributed by atoms with E-state index in [1.54, 1.807) is 6.07 Å². The lowest BCUT2D eigenvalue weighted by Gasteiger charge is -2.10. The molecule has 0 amide bonds. The van der Waals surface area contributed by atoms with Crippen LogP contribution in [-0.2, 0) is 6.42 Å². The highest BCUT2D eigenvalue weighted by Gasteiger charge is 2.09. The van der Waals surface area contributed by atoms with Gasteiger partial charge in [-0.3, -0.25) is 4.79 Å². The van der Waals surface area contributed by atoms with E-state index in [0.717, 1.165) is 47.6 Å². The summed E-state index contributed by atoms with van der Waals surface area (Å²) in [7, 11) is 0. The first kappa shape index (κ1) is 19.8. The van der Waals surface area contributed by atoms with Crippen molar-refractivity contribution in [1.82, 2.24) is 19.9 Å². The number of rotatable bonds is 6. The van der Waals surface area contributed by atoms with Gasteiger partial charge >= 0.3 is 0 Å². The molecule has 8 heteroatoms. The first-order chi connectivity index (χ1) is 14.5. The van der Waals surface area contributed by atoms with Crippen molar-refractivity contribution in [3.8, 4) is 11.3 Å². The van der Waals surface area contributed by atoms with E-state index >= 15 is 0 Å². The predicted molar refractivity (Wildman–Crippen MR) is 121 cm³/mol. The lowest BCUT2D eigenvalue weighted by Crippen LogP contribution is -2.08. The lowest BCUT2D eigenvalue weighted by molar-refractivity contribution is 0.833. The number of hydrogen-bond acceptors (Lipinski definition) is 6. The number of nitrogens with one attached hydrogen (secondary N) is 2. The van der Waals surface area contributed by atoms with Crippen LogP contribution in [0.25, 0.3) is 22.2 Å². The number of nitrogen functional groups attached to an aromatic ring is 1. The van der Waals surface area contributed by atoms with E-state index in [9.17, 15) is 4.79 Å². The first-order valence-corrected chi connectivity index (χ1v) is 9.99. The van der Waals surface area contributed by atoms with E-state index in [1.807, 2.05) is 43.3 Å². The number of H-pyrrole nitrogens is 1. The number of hydrogen-bond donors (Lipinski definition) is 3. The molecule has 2 aromatic carbocycles. The molecule has 0 saturated heterocycles. The Morgan fingerprint density at radius 2 is 2.03 bits per heavy atom. The minimum Gasteiger partial charge on any atom is -0.385 e. The van der Waals surface area contributed by atoms with Crippen LogP contribution in [0.2, 0.25) is 5.02 Å². The Labute approximate surface area is 178 Å². The number of benzene rings is 2. The average Bonchev–Trinajstić information content (AvgIpc) is 2.73. The van der Waals surface area contributed by atoms with E-state index in [0.29, 0.717) is 15.9 Å². The summed E-state index contributed by atoms with van der Waals surface area (Å²) in [5.74, 6) is 0.251. The minimum atomic E-state index is -0.140. The van der Waals surface area contributed by atoms with Crippen molar-refractivity contribution in [2.24, 2.45) is 0 Å². The number of halogens is 1. The van der Waals surface area contributed by atoms with Gasteiger partial charge in [0.2, 0.25) is 5.95 Å². The summed E-state index contributed by atoms with van der Waals surface area (Å²) in [6, 6.07) is 13.2. The van der Waals surface area contributed by atoms with Crippen molar-refractivity contribution in [2.75, 3.05) is 17.6 Å². The number of aryl methyl sites for hydroxylation is 1. The van der Waals surface area contributed by atoms with Crippen molar-refractivity contribution < 1.29 is 0 Å². The molecule has 0 unspecified atom stereocenters. The van der Waals surface area contributed by atoms with Gasteiger partial charge < -0.3 is 16.0 Å². The van der Waals surface area contributed by atoms with Crippen LogP contribution in [0.1, 0.15) is 17.7 Å². The summed E-state index contributed by atoms with van der Waals surface area (Å²) in [6.07, 6.45) is 3.01. The SMILES string of the molecule is Cc1c(Cl)cccc1-c1cc(CCCNc2ccc3c(=O)[nH]cnc3c2)nc(N)n1. The monoisotopic (exact) mass is 420 g/mol. The van der Waals surface area contributed by atoms with Crippen molar-refractivity contribution in [1.29, 1.82) is 0 Å². The molecule has 0 aliphatic carbocycles. The van der Waals surface area contributed by atoms with Gasteiger partial charge in [-0.05, 0) is 55.7 Å². The first-order valence-electron chi connectivity index (χ1n) is 9.61. The maximum Gasteiger partial charge on any atom is 0.258 e. The second kappa shape index (κ2) is 8.51. The van der Waals surface area contributed by atoms with Crippen LogP contribution in [0.15, 0.2) is 53.6 Å². The van der Waals surface area contributed by atoms with Crippen molar-refractivity contribution in [3.05, 3.63) is 75.4 Å². The van der Waals surface area contributed by atoms with Gasteiger partial charge in [-0.1, -0.05) is 23.7 Å². The van der Waals surface area contributed by atoms with Gasteiger partial charge in [0.25, 0.3) is 5.56 Å². The Kier molecular flexibility index (Phi) is 5.63. The van der Waals surface area contributed by atoms with E-state index in [4.69, 9.17) is 17.3 Å². The van der Waals surface area contributed by atoms with Crippen LogP contribution in [0.4, 0.5) is 11.6 Å². The van der Waals surface area contributed by atoms with Crippen LogP contribution < -0.4 is 16.6 Å². The number of aromatic nitrogens is 4.